The Morgan fingerprint density at radius 2 is 2.24 bits per heavy atom. The minimum absolute atomic E-state index is 0.167. The number of aliphatic carboxylic acids is 1. The molecule has 0 radical (unpaired) electrons. The van der Waals surface area contributed by atoms with Crippen molar-refractivity contribution in [3.05, 3.63) is 22.4 Å². The number of rotatable bonds is 6. The molecule has 0 spiro atoms. The molecule has 1 aromatic heterocycles. The van der Waals surface area contributed by atoms with Crippen LogP contribution in [0.4, 0.5) is 0 Å². The number of thiophene rings is 1. The molecule has 0 saturated heterocycles. The average Bonchev–Trinajstić information content (AvgIpc) is 2.78. The Bertz CT molecular complexity index is 385. The largest absolute Gasteiger partial charge is 0.549 e. The molecule has 0 amide bonds. The maximum absolute atomic E-state index is 11.6. The first-order chi connectivity index (χ1) is 8.00. The molecule has 1 rings (SSSR count). The van der Waals surface area contributed by atoms with Gasteiger partial charge in [0.05, 0.1) is 12.6 Å². The van der Waals surface area contributed by atoms with E-state index >= 15 is 0 Å². The van der Waals surface area contributed by atoms with Gasteiger partial charge < -0.3 is 14.6 Å². The summed E-state index contributed by atoms with van der Waals surface area (Å²) in [6, 6.07) is 3.80. The van der Waals surface area contributed by atoms with E-state index in [1.54, 1.807) is 6.92 Å². The molecule has 0 aliphatic rings. The number of aryl methyl sites for hydroxylation is 1. The molecule has 0 aromatic carbocycles. The molecule has 0 saturated carbocycles. The lowest BCUT2D eigenvalue weighted by Crippen LogP contribution is -2.47. The number of esters is 1. The van der Waals surface area contributed by atoms with Crippen LogP contribution < -0.4 is 5.11 Å². The summed E-state index contributed by atoms with van der Waals surface area (Å²) in [6.07, 6.45) is 0.718. The molecule has 0 N–H and O–H groups in total. The van der Waals surface area contributed by atoms with Gasteiger partial charge in [-0.3, -0.25) is 4.79 Å². The zero-order chi connectivity index (χ0) is 12.9. The summed E-state index contributed by atoms with van der Waals surface area (Å²) < 4.78 is 4.78. The van der Waals surface area contributed by atoms with Gasteiger partial charge >= 0.3 is 5.97 Å². The third-order valence-electron chi connectivity index (χ3n) is 2.63. The zero-order valence-electron chi connectivity index (χ0n) is 9.89. The van der Waals surface area contributed by atoms with E-state index in [4.69, 9.17) is 4.74 Å². The fourth-order valence-electron chi connectivity index (χ4n) is 1.41. The highest BCUT2D eigenvalue weighted by Crippen LogP contribution is 2.26. The van der Waals surface area contributed by atoms with Gasteiger partial charge in [0.2, 0.25) is 0 Å². The quantitative estimate of drug-likeness (QED) is 0.562. The molecule has 1 aromatic rings. The van der Waals surface area contributed by atoms with Crippen molar-refractivity contribution >= 4 is 23.3 Å². The first kappa shape index (κ1) is 13.7. The molecular formula is C12H15O4S-. The molecule has 1 heterocycles. The predicted octanol–water partition coefficient (Wildman–Crippen LogP) is 1.00. The molecule has 0 aliphatic carbocycles. The van der Waals surface area contributed by atoms with Gasteiger partial charge in [-0.2, -0.15) is 0 Å². The van der Waals surface area contributed by atoms with Crippen LogP contribution in [0.1, 0.15) is 25.1 Å². The van der Waals surface area contributed by atoms with Crippen LogP contribution in [-0.4, -0.2) is 18.5 Å². The van der Waals surface area contributed by atoms with Gasteiger partial charge in [0, 0.05) is 4.88 Å². The van der Waals surface area contributed by atoms with E-state index in [2.05, 4.69) is 0 Å². The first-order valence-corrected chi connectivity index (χ1v) is 6.29. The molecule has 1 unspecified atom stereocenters. The average molecular weight is 255 g/mol. The number of carboxylic acids is 1. The molecule has 4 nitrogen and oxygen atoms in total. The van der Waals surface area contributed by atoms with E-state index in [0.29, 0.717) is 6.42 Å². The van der Waals surface area contributed by atoms with Gasteiger partial charge in [-0.05, 0) is 38.1 Å². The summed E-state index contributed by atoms with van der Waals surface area (Å²) in [5, 5.41) is 13.0. The molecule has 1 atom stereocenters. The second kappa shape index (κ2) is 5.82. The summed E-state index contributed by atoms with van der Waals surface area (Å²) in [4.78, 5) is 23.8. The van der Waals surface area contributed by atoms with Crippen LogP contribution in [0.2, 0.25) is 0 Å². The lowest BCUT2D eigenvalue weighted by Gasteiger charge is -2.27. The highest BCUT2D eigenvalue weighted by molar-refractivity contribution is 7.09. The molecule has 0 bridgehead atoms. The Kier molecular flexibility index (Phi) is 4.69. The van der Waals surface area contributed by atoms with E-state index < -0.39 is 17.4 Å². The van der Waals surface area contributed by atoms with Crippen molar-refractivity contribution in [2.45, 2.75) is 26.7 Å². The van der Waals surface area contributed by atoms with Gasteiger partial charge in [0.1, 0.15) is 5.41 Å². The van der Waals surface area contributed by atoms with Crippen LogP contribution in [0.15, 0.2) is 17.5 Å². The molecule has 5 heteroatoms. The second-order valence-corrected chi connectivity index (χ2v) is 4.95. The topological polar surface area (TPSA) is 66.4 Å². The summed E-state index contributed by atoms with van der Waals surface area (Å²) >= 11 is 1.53. The minimum atomic E-state index is -1.57. The molecular weight excluding hydrogens is 240 g/mol. The summed E-state index contributed by atoms with van der Waals surface area (Å²) in [5.74, 6) is -2.11. The number of carbonyl (C=O) groups excluding carboxylic acids is 2. The number of hydrogen-bond acceptors (Lipinski definition) is 5. The third-order valence-corrected chi connectivity index (χ3v) is 3.56. The van der Waals surface area contributed by atoms with Gasteiger partial charge in [-0.1, -0.05) is 6.07 Å². The van der Waals surface area contributed by atoms with Crippen molar-refractivity contribution in [3.8, 4) is 0 Å². The number of ether oxygens (including phenoxy) is 1. The number of hydrogen-bond donors (Lipinski definition) is 0. The summed E-state index contributed by atoms with van der Waals surface area (Å²) in [7, 11) is 0. The zero-order valence-corrected chi connectivity index (χ0v) is 10.7. The van der Waals surface area contributed by atoms with Crippen molar-refractivity contribution in [1.82, 2.24) is 0 Å². The fraction of sp³-hybridized carbons (Fsp3) is 0.500. The molecule has 0 fully saturated rings. The Balaban J connectivity index is 2.71. The normalized spacial score (nSPS) is 14.0. The molecule has 94 valence electrons. The predicted molar refractivity (Wildman–Crippen MR) is 62.4 cm³/mol. The minimum Gasteiger partial charge on any atom is -0.549 e. The SMILES string of the molecule is CCOC(=O)C(C)(CCc1cccs1)C(=O)[O-]. The number of carboxylic acid groups (broad SMARTS) is 1. The van der Waals surface area contributed by atoms with E-state index in [1.807, 2.05) is 17.5 Å². The van der Waals surface area contributed by atoms with Crippen LogP contribution >= 0.6 is 11.3 Å². The Morgan fingerprint density at radius 1 is 1.53 bits per heavy atom. The smallest absolute Gasteiger partial charge is 0.317 e. The van der Waals surface area contributed by atoms with Crippen LogP contribution in [0.3, 0.4) is 0 Å². The van der Waals surface area contributed by atoms with E-state index in [9.17, 15) is 14.7 Å². The van der Waals surface area contributed by atoms with Gasteiger partial charge in [0.25, 0.3) is 0 Å². The monoisotopic (exact) mass is 255 g/mol. The van der Waals surface area contributed by atoms with Crippen molar-refractivity contribution in [2.75, 3.05) is 6.61 Å². The van der Waals surface area contributed by atoms with Crippen LogP contribution in [0, 0.1) is 5.41 Å². The van der Waals surface area contributed by atoms with E-state index in [1.165, 1.54) is 18.3 Å². The maximum atomic E-state index is 11.6. The van der Waals surface area contributed by atoms with Crippen LogP contribution in [0.5, 0.6) is 0 Å². The van der Waals surface area contributed by atoms with E-state index in [0.717, 1.165) is 4.88 Å². The Hall–Kier alpha value is -1.36. The highest BCUT2D eigenvalue weighted by Gasteiger charge is 2.36. The lowest BCUT2D eigenvalue weighted by molar-refractivity contribution is -0.317. The van der Waals surface area contributed by atoms with Gasteiger partial charge in [-0.25, -0.2) is 0 Å². The number of carbonyl (C=O) groups is 2. The van der Waals surface area contributed by atoms with Gasteiger partial charge in [0.15, 0.2) is 0 Å². The standard InChI is InChI=1S/C12H16O4S/c1-3-16-11(15)12(2,10(13)14)7-6-9-5-4-8-17-9/h4-5,8H,3,6-7H2,1-2H3,(H,13,14)/p-1. The van der Waals surface area contributed by atoms with Crippen LogP contribution in [-0.2, 0) is 20.7 Å². The van der Waals surface area contributed by atoms with Crippen molar-refractivity contribution in [3.63, 3.8) is 0 Å². The lowest BCUT2D eigenvalue weighted by atomic mass is 9.85. The van der Waals surface area contributed by atoms with Crippen LogP contribution in [0.25, 0.3) is 0 Å². The summed E-state index contributed by atoms with van der Waals surface area (Å²) in [6.45, 7) is 3.17. The fourth-order valence-corrected chi connectivity index (χ4v) is 2.11. The van der Waals surface area contributed by atoms with E-state index in [-0.39, 0.29) is 13.0 Å². The second-order valence-electron chi connectivity index (χ2n) is 3.92. The first-order valence-electron chi connectivity index (χ1n) is 5.41. The third kappa shape index (κ3) is 3.30. The Morgan fingerprint density at radius 3 is 2.71 bits per heavy atom. The summed E-state index contributed by atoms with van der Waals surface area (Å²) in [5.41, 5.74) is -1.57. The molecule has 17 heavy (non-hydrogen) atoms. The molecule has 0 aliphatic heterocycles. The highest BCUT2D eigenvalue weighted by atomic mass is 32.1. The van der Waals surface area contributed by atoms with Crippen molar-refractivity contribution in [2.24, 2.45) is 5.41 Å². The Labute approximate surface area is 104 Å². The van der Waals surface area contributed by atoms with Gasteiger partial charge in [-0.15, -0.1) is 11.3 Å². The van der Waals surface area contributed by atoms with Crippen molar-refractivity contribution < 1.29 is 19.4 Å². The maximum Gasteiger partial charge on any atom is 0.317 e. The van der Waals surface area contributed by atoms with Crippen molar-refractivity contribution in [1.29, 1.82) is 0 Å².